The molecular formula is C35H58N4O7. The monoisotopic (exact) mass is 646 g/mol. The molecule has 1 aromatic carbocycles. The topological polar surface area (TPSA) is 138 Å². The maximum atomic E-state index is 14.0. The lowest BCUT2D eigenvalue weighted by atomic mass is 9.89. The Bertz CT molecular complexity index is 1130. The van der Waals surface area contributed by atoms with Crippen molar-refractivity contribution in [3.05, 3.63) is 35.9 Å². The van der Waals surface area contributed by atoms with E-state index in [0.717, 1.165) is 12.8 Å². The first-order chi connectivity index (χ1) is 21.7. The summed E-state index contributed by atoms with van der Waals surface area (Å²) < 4.78 is 11.8. The molecule has 1 saturated heterocycles. The van der Waals surface area contributed by atoms with E-state index in [-0.39, 0.29) is 47.9 Å². The summed E-state index contributed by atoms with van der Waals surface area (Å²) in [4.78, 5) is 56.3. The van der Waals surface area contributed by atoms with E-state index in [1.54, 1.807) is 44.9 Å². The summed E-state index contributed by atoms with van der Waals surface area (Å²) in [5.41, 5.74) is 0.712. The zero-order valence-corrected chi connectivity index (χ0v) is 29.5. The Morgan fingerprint density at radius 2 is 1.65 bits per heavy atom. The summed E-state index contributed by atoms with van der Waals surface area (Å²) in [6, 6.07) is 7.21. The fourth-order valence-electron chi connectivity index (χ4n) is 6.63. The number of carbonyl (C=O) groups is 4. The van der Waals surface area contributed by atoms with Gasteiger partial charge < -0.3 is 35.0 Å². The molecule has 1 aliphatic heterocycles. The van der Waals surface area contributed by atoms with Crippen molar-refractivity contribution in [3.63, 3.8) is 0 Å². The first-order valence-electron chi connectivity index (χ1n) is 16.6. The highest BCUT2D eigenvalue weighted by atomic mass is 16.5. The van der Waals surface area contributed by atoms with Crippen LogP contribution in [0.5, 0.6) is 0 Å². The standard InChI is InChI=1S/C35H58N4O7/c1-11-22(4)31(38(8)35(44)30(21(2)3)37-25(7)40)28(45-9)20-29(41)39-19-15-18-27(39)33(46-10)23(5)34(43)36-24(6)32(42)26-16-13-12-14-17-26/h12-14,16-17,21-24,27-28,30-33,42H,11,15,18-20H2,1-10H3,(H,36,43)(H,37,40)/t22-,23+,24+,27-,28?,30-,31-,32+,33+/m0/s1. The number of rotatable bonds is 17. The van der Waals surface area contributed by atoms with Crippen molar-refractivity contribution < 1.29 is 33.8 Å². The maximum absolute atomic E-state index is 14.0. The fourth-order valence-corrected chi connectivity index (χ4v) is 6.63. The molecule has 1 aliphatic rings. The number of aliphatic hydroxyl groups is 1. The number of nitrogens with zero attached hydrogens (tertiary/aromatic N) is 2. The van der Waals surface area contributed by atoms with Gasteiger partial charge in [0.25, 0.3) is 0 Å². The third kappa shape index (κ3) is 9.99. The Morgan fingerprint density at radius 1 is 1.02 bits per heavy atom. The smallest absolute Gasteiger partial charge is 0.245 e. The van der Waals surface area contributed by atoms with Crippen LogP contribution in [0.1, 0.15) is 85.8 Å². The molecule has 9 atom stereocenters. The van der Waals surface area contributed by atoms with Crippen LogP contribution in [0, 0.1) is 17.8 Å². The molecule has 4 amide bonds. The molecule has 3 N–H and O–H groups in total. The van der Waals surface area contributed by atoms with Gasteiger partial charge in [-0.25, -0.2) is 0 Å². The van der Waals surface area contributed by atoms with Gasteiger partial charge in [-0.1, -0.05) is 71.4 Å². The van der Waals surface area contributed by atoms with Crippen LogP contribution in [-0.2, 0) is 28.7 Å². The van der Waals surface area contributed by atoms with Gasteiger partial charge in [0.05, 0.1) is 48.8 Å². The number of carbonyl (C=O) groups excluding carboxylic acids is 4. The third-order valence-electron chi connectivity index (χ3n) is 9.53. The van der Waals surface area contributed by atoms with E-state index in [4.69, 9.17) is 9.47 Å². The lowest BCUT2D eigenvalue weighted by Gasteiger charge is -2.40. The van der Waals surface area contributed by atoms with Gasteiger partial charge in [0.15, 0.2) is 0 Å². The summed E-state index contributed by atoms with van der Waals surface area (Å²) >= 11 is 0. The van der Waals surface area contributed by atoms with Crippen LogP contribution >= 0.6 is 0 Å². The summed E-state index contributed by atoms with van der Waals surface area (Å²) in [5.74, 6) is -1.61. The maximum Gasteiger partial charge on any atom is 0.245 e. The van der Waals surface area contributed by atoms with E-state index >= 15 is 0 Å². The summed E-state index contributed by atoms with van der Waals surface area (Å²) in [6.07, 6.45) is 0.227. The lowest BCUT2D eigenvalue weighted by Crippen LogP contribution is -2.57. The molecule has 46 heavy (non-hydrogen) atoms. The van der Waals surface area contributed by atoms with Gasteiger partial charge in [0.1, 0.15) is 6.04 Å². The van der Waals surface area contributed by atoms with E-state index in [9.17, 15) is 24.3 Å². The van der Waals surface area contributed by atoms with Crippen molar-refractivity contribution in [2.24, 2.45) is 17.8 Å². The van der Waals surface area contributed by atoms with E-state index in [2.05, 4.69) is 10.6 Å². The quantitative estimate of drug-likeness (QED) is 0.236. The number of likely N-dealkylation sites (tertiary alicyclic amines) is 1. The van der Waals surface area contributed by atoms with Gasteiger partial charge in [-0.15, -0.1) is 0 Å². The summed E-state index contributed by atoms with van der Waals surface area (Å²) in [6.45, 7) is 13.3. The van der Waals surface area contributed by atoms with Crippen molar-refractivity contribution in [2.45, 2.75) is 117 Å². The van der Waals surface area contributed by atoms with E-state index in [1.807, 2.05) is 58.0 Å². The number of aliphatic hydroxyl groups excluding tert-OH is 1. The average Bonchev–Trinajstić information content (AvgIpc) is 3.52. The molecule has 0 saturated carbocycles. The molecule has 1 aromatic rings. The second-order valence-electron chi connectivity index (χ2n) is 13.2. The zero-order chi connectivity index (χ0) is 34.7. The second kappa shape index (κ2) is 18.4. The predicted octanol–water partition coefficient (Wildman–Crippen LogP) is 3.31. The van der Waals surface area contributed by atoms with Crippen LogP contribution in [0.3, 0.4) is 0 Å². The Balaban J connectivity index is 2.21. The Kier molecular flexibility index (Phi) is 15.6. The highest BCUT2D eigenvalue weighted by Gasteiger charge is 2.43. The number of benzene rings is 1. The van der Waals surface area contributed by atoms with Crippen LogP contribution in [0.2, 0.25) is 0 Å². The molecule has 0 aliphatic carbocycles. The Hall–Kier alpha value is -3.02. The van der Waals surface area contributed by atoms with Crippen LogP contribution in [0.25, 0.3) is 0 Å². The van der Waals surface area contributed by atoms with Gasteiger partial charge in [-0.3, -0.25) is 19.2 Å². The van der Waals surface area contributed by atoms with Crippen molar-refractivity contribution in [3.8, 4) is 0 Å². The van der Waals surface area contributed by atoms with Crippen molar-refractivity contribution in [1.82, 2.24) is 20.4 Å². The predicted molar refractivity (Wildman–Crippen MR) is 178 cm³/mol. The van der Waals surface area contributed by atoms with E-state index in [0.29, 0.717) is 18.5 Å². The number of methoxy groups -OCH3 is 2. The zero-order valence-electron chi connectivity index (χ0n) is 29.5. The Morgan fingerprint density at radius 3 is 2.17 bits per heavy atom. The first kappa shape index (κ1) is 39.2. The minimum atomic E-state index is -0.869. The van der Waals surface area contributed by atoms with Gasteiger partial charge >= 0.3 is 0 Å². The largest absolute Gasteiger partial charge is 0.386 e. The highest BCUT2D eigenvalue weighted by Crippen LogP contribution is 2.30. The summed E-state index contributed by atoms with van der Waals surface area (Å²) in [7, 11) is 4.81. The van der Waals surface area contributed by atoms with Crippen LogP contribution in [0.15, 0.2) is 30.3 Å². The molecule has 11 heteroatoms. The molecule has 1 heterocycles. The number of hydrogen-bond acceptors (Lipinski definition) is 7. The normalized spacial score (nSPS) is 20.2. The molecule has 11 nitrogen and oxygen atoms in total. The molecule has 0 aromatic heterocycles. The number of ether oxygens (including phenoxy) is 2. The first-order valence-corrected chi connectivity index (χ1v) is 16.6. The molecule has 0 spiro atoms. The average molecular weight is 647 g/mol. The van der Waals surface area contributed by atoms with Gasteiger partial charge in [-0.2, -0.15) is 0 Å². The molecule has 260 valence electrons. The fraction of sp³-hybridized carbons (Fsp3) is 0.714. The molecule has 2 rings (SSSR count). The molecular weight excluding hydrogens is 588 g/mol. The molecule has 1 fully saturated rings. The summed E-state index contributed by atoms with van der Waals surface area (Å²) in [5, 5.41) is 16.5. The van der Waals surface area contributed by atoms with Gasteiger partial charge in [-0.05, 0) is 37.2 Å². The highest BCUT2D eigenvalue weighted by molar-refractivity contribution is 5.87. The van der Waals surface area contributed by atoms with Crippen molar-refractivity contribution in [2.75, 3.05) is 27.8 Å². The lowest BCUT2D eigenvalue weighted by molar-refractivity contribution is -0.147. The minimum absolute atomic E-state index is 0.00915. The molecule has 1 unspecified atom stereocenters. The van der Waals surface area contributed by atoms with Gasteiger partial charge in [0, 0.05) is 34.7 Å². The van der Waals surface area contributed by atoms with E-state index in [1.165, 1.54) is 6.92 Å². The number of likely N-dealkylation sites (N-methyl/N-ethyl adjacent to an activating group) is 1. The SMILES string of the molecule is CC[C@H](C)[C@@H](C(CC(=O)N1CCC[C@H]1[C@H](OC)[C@@H](C)C(=O)N[C@H](C)[C@@H](O)c1ccccc1)OC)N(C)C(=O)[C@@H](NC(C)=O)C(C)C. The number of amides is 4. The van der Waals surface area contributed by atoms with Crippen LogP contribution in [-0.4, -0.2) is 103 Å². The molecule has 0 radical (unpaired) electrons. The minimum Gasteiger partial charge on any atom is -0.386 e. The van der Waals surface area contributed by atoms with E-state index < -0.39 is 42.4 Å². The third-order valence-corrected chi connectivity index (χ3v) is 9.53. The van der Waals surface area contributed by atoms with Crippen molar-refractivity contribution >= 4 is 23.6 Å². The number of nitrogens with one attached hydrogen (secondary N) is 2. The van der Waals surface area contributed by atoms with Crippen molar-refractivity contribution in [1.29, 1.82) is 0 Å². The second-order valence-corrected chi connectivity index (χ2v) is 13.2. The molecule has 0 bridgehead atoms. The Labute approximate surface area is 275 Å². The van der Waals surface area contributed by atoms with Crippen LogP contribution < -0.4 is 10.6 Å². The van der Waals surface area contributed by atoms with Crippen LogP contribution in [0.4, 0.5) is 0 Å². The number of hydrogen-bond donors (Lipinski definition) is 3. The van der Waals surface area contributed by atoms with Gasteiger partial charge in [0.2, 0.25) is 23.6 Å².